The Morgan fingerprint density at radius 1 is 1.20 bits per heavy atom. The average Bonchev–Trinajstić information content (AvgIpc) is 3.20. The van der Waals surface area contributed by atoms with Crippen LogP contribution in [0.15, 0.2) is 40.8 Å². The van der Waals surface area contributed by atoms with Gasteiger partial charge in [-0.25, -0.2) is 9.98 Å². The second-order valence-corrected chi connectivity index (χ2v) is 6.43. The second kappa shape index (κ2) is 8.57. The SMILES string of the molecule is COc1ccc(OCCN=C(N)N2CCN(c3nccs3)CC2)cc1. The first-order valence-corrected chi connectivity index (χ1v) is 9.10. The number of thiazole rings is 1. The zero-order valence-corrected chi connectivity index (χ0v) is 15.1. The molecule has 1 saturated heterocycles. The van der Waals surface area contributed by atoms with E-state index in [1.807, 2.05) is 35.8 Å². The van der Waals surface area contributed by atoms with Crippen molar-refractivity contribution in [3.8, 4) is 11.5 Å². The van der Waals surface area contributed by atoms with E-state index in [4.69, 9.17) is 15.2 Å². The maximum atomic E-state index is 6.10. The van der Waals surface area contributed by atoms with E-state index >= 15 is 0 Å². The Bertz CT molecular complexity index is 667. The second-order valence-electron chi connectivity index (χ2n) is 5.55. The Hall–Kier alpha value is -2.48. The number of aliphatic imine (C=N–C) groups is 1. The van der Waals surface area contributed by atoms with Gasteiger partial charge in [0.05, 0.1) is 13.7 Å². The third kappa shape index (κ3) is 4.76. The van der Waals surface area contributed by atoms with Gasteiger partial charge in [0, 0.05) is 37.8 Å². The van der Waals surface area contributed by atoms with Crippen LogP contribution in [0.4, 0.5) is 5.13 Å². The van der Waals surface area contributed by atoms with Crippen LogP contribution in [0.5, 0.6) is 11.5 Å². The number of piperazine rings is 1. The Morgan fingerprint density at radius 3 is 2.56 bits per heavy atom. The summed E-state index contributed by atoms with van der Waals surface area (Å²) >= 11 is 1.67. The molecule has 134 valence electrons. The third-order valence-electron chi connectivity index (χ3n) is 3.99. The molecule has 1 aliphatic rings. The van der Waals surface area contributed by atoms with Gasteiger partial charge in [-0.3, -0.25) is 0 Å². The van der Waals surface area contributed by atoms with Crippen LogP contribution >= 0.6 is 11.3 Å². The van der Waals surface area contributed by atoms with Gasteiger partial charge >= 0.3 is 0 Å². The summed E-state index contributed by atoms with van der Waals surface area (Å²) in [6.07, 6.45) is 1.84. The van der Waals surface area contributed by atoms with Gasteiger partial charge in [0.15, 0.2) is 11.1 Å². The molecule has 3 rings (SSSR count). The molecule has 0 amide bonds. The van der Waals surface area contributed by atoms with Crippen LogP contribution < -0.4 is 20.1 Å². The molecule has 0 unspecified atom stereocenters. The van der Waals surface area contributed by atoms with Gasteiger partial charge in [0.2, 0.25) is 0 Å². The molecule has 0 spiro atoms. The number of ether oxygens (including phenoxy) is 2. The van der Waals surface area contributed by atoms with Crippen LogP contribution in [0.3, 0.4) is 0 Å². The van der Waals surface area contributed by atoms with E-state index in [9.17, 15) is 0 Å². The summed E-state index contributed by atoms with van der Waals surface area (Å²) in [7, 11) is 1.64. The van der Waals surface area contributed by atoms with Crippen molar-refractivity contribution in [2.75, 3.05) is 51.3 Å². The highest BCUT2D eigenvalue weighted by Gasteiger charge is 2.19. The number of benzene rings is 1. The highest BCUT2D eigenvalue weighted by Crippen LogP contribution is 2.19. The van der Waals surface area contributed by atoms with Crippen LogP contribution in [0.2, 0.25) is 0 Å². The number of hydrogen-bond donors (Lipinski definition) is 1. The zero-order valence-electron chi connectivity index (χ0n) is 14.3. The molecule has 0 bridgehead atoms. The highest BCUT2D eigenvalue weighted by molar-refractivity contribution is 7.13. The summed E-state index contributed by atoms with van der Waals surface area (Å²) in [6, 6.07) is 7.50. The summed E-state index contributed by atoms with van der Waals surface area (Å²) in [5, 5.41) is 3.07. The van der Waals surface area contributed by atoms with Gasteiger partial charge in [0.25, 0.3) is 0 Å². The van der Waals surface area contributed by atoms with Gasteiger partial charge in [-0.15, -0.1) is 11.3 Å². The molecule has 0 atom stereocenters. The zero-order chi connectivity index (χ0) is 17.5. The number of nitrogens with two attached hydrogens (primary N) is 1. The van der Waals surface area contributed by atoms with Crippen LogP contribution in [0.25, 0.3) is 0 Å². The number of nitrogens with zero attached hydrogens (tertiary/aromatic N) is 4. The largest absolute Gasteiger partial charge is 0.497 e. The fourth-order valence-corrected chi connectivity index (χ4v) is 3.29. The number of hydrogen-bond acceptors (Lipinski definition) is 6. The van der Waals surface area contributed by atoms with E-state index in [1.165, 1.54) is 0 Å². The minimum Gasteiger partial charge on any atom is -0.497 e. The van der Waals surface area contributed by atoms with Gasteiger partial charge in [-0.05, 0) is 24.3 Å². The highest BCUT2D eigenvalue weighted by atomic mass is 32.1. The molecule has 8 heteroatoms. The summed E-state index contributed by atoms with van der Waals surface area (Å²) in [5.41, 5.74) is 6.10. The fraction of sp³-hybridized carbons (Fsp3) is 0.412. The Balaban J connectivity index is 1.40. The minimum absolute atomic E-state index is 0.492. The predicted molar refractivity (Wildman–Crippen MR) is 101 cm³/mol. The fourth-order valence-electron chi connectivity index (χ4n) is 2.59. The number of aromatic nitrogens is 1. The summed E-state index contributed by atoms with van der Waals surface area (Å²) in [4.78, 5) is 13.2. The lowest BCUT2D eigenvalue weighted by molar-refractivity contribution is 0.325. The van der Waals surface area contributed by atoms with Crippen molar-refractivity contribution in [1.29, 1.82) is 0 Å². The van der Waals surface area contributed by atoms with E-state index in [-0.39, 0.29) is 0 Å². The number of rotatable bonds is 6. The first-order valence-electron chi connectivity index (χ1n) is 8.22. The van der Waals surface area contributed by atoms with E-state index in [1.54, 1.807) is 18.4 Å². The molecule has 7 nitrogen and oxygen atoms in total. The molecular formula is C17H23N5O2S. The molecule has 1 aromatic carbocycles. The maximum absolute atomic E-state index is 6.10. The van der Waals surface area contributed by atoms with Crippen LogP contribution in [-0.4, -0.2) is 62.3 Å². The lowest BCUT2D eigenvalue weighted by Gasteiger charge is -2.35. The first-order chi connectivity index (χ1) is 12.3. The summed E-state index contributed by atoms with van der Waals surface area (Å²) in [5.74, 6) is 2.19. The number of methoxy groups -OCH3 is 1. The topological polar surface area (TPSA) is 76.2 Å². The van der Waals surface area contributed by atoms with Crippen molar-refractivity contribution < 1.29 is 9.47 Å². The number of guanidine groups is 1. The Labute approximate surface area is 151 Å². The lowest BCUT2D eigenvalue weighted by atomic mass is 10.3. The molecule has 1 fully saturated rings. The van der Waals surface area contributed by atoms with E-state index in [0.717, 1.165) is 42.8 Å². The summed E-state index contributed by atoms with van der Waals surface area (Å²) in [6.45, 7) is 4.55. The maximum Gasteiger partial charge on any atom is 0.191 e. The van der Waals surface area contributed by atoms with Gasteiger partial charge < -0.3 is 25.0 Å². The lowest BCUT2D eigenvalue weighted by Crippen LogP contribution is -2.51. The Morgan fingerprint density at radius 2 is 1.92 bits per heavy atom. The summed E-state index contributed by atoms with van der Waals surface area (Å²) < 4.78 is 10.8. The van der Waals surface area contributed by atoms with Crippen molar-refractivity contribution in [3.05, 3.63) is 35.8 Å². The van der Waals surface area contributed by atoms with E-state index in [2.05, 4.69) is 19.8 Å². The molecule has 1 aromatic heterocycles. The van der Waals surface area contributed by atoms with Crippen molar-refractivity contribution in [3.63, 3.8) is 0 Å². The van der Waals surface area contributed by atoms with Crippen molar-refractivity contribution in [1.82, 2.24) is 9.88 Å². The Kier molecular flexibility index (Phi) is 5.95. The van der Waals surface area contributed by atoms with Gasteiger partial charge in [-0.1, -0.05) is 0 Å². The van der Waals surface area contributed by atoms with Gasteiger partial charge in [-0.2, -0.15) is 0 Å². The monoisotopic (exact) mass is 361 g/mol. The molecule has 0 radical (unpaired) electrons. The molecule has 2 aromatic rings. The smallest absolute Gasteiger partial charge is 0.191 e. The minimum atomic E-state index is 0.492. The van der Waals surface area contributed by atoms with Gasteiger partial charge in [0.1, 0.15) is 18.1 Å². The molecule has 0 aliphatic carbocycles. The molecule has 1 aliphatic heterocycles. The standard InChI is InChI=1S/C17H23N5O2S/c1-23-14-2-4-15(5-3-14)24-12-6-19-16(18)21-8-10-22(11-9-21)17-20-7-13-25-17/h2-5,7,13H,6,8-12H2,1H3,(H2,18,19). The molecular weight excluding hydrogens is 338 g/mol. The molecule has 25 heavy (non-hydrogen) atoms. The quantitative estimate of drug-likeness (QED) is 0.479. The van der Waals surface area contributed by atoms with Crippen molar-refractivity contribution in [2.45, 2.75) is 0 Å². The van der Waals surface area contributed by atoms with E-state index in [0.29, 0.717) is 19.1 Å². The molecule has 2 N–H and O–H groups in total. The van der Waals surface area contributed by atoms with Crippen LogP contribution in [-0.2, 0) is 0 Å². The van der Waals surface area contributed by atoms with Crippen molar-refractivity contribution >= 4 is 22.4 Å². The van der Waals surface area contributed by atoms with Crippen molar-refractivity contribution in [2.24, 2.45) is 10.7 Å². The van der Waals surface area contributed by atoms with Crippen LogP contribution in [0, 0.1) is 0 Å². The van der Waals surface area contributed by atoms with Crippen LogP contribution in [0.1, 0.15) is 0 Å². The average molecular weight is 361 g/mol. The predicted octanol–water partition coefficient (Wildman–Crippen LogP) is 1.67. The third-order valence-corrected chi connectivity index (χ3v) is 4.82. The molecule has 2 heterocycles. The number of anilines is 1. The molecule has 0 saturated carbocycles. The van der Waals surface area contributed by atoms with E-state index < -0.39 is 0 Å². The first kappa shape index (κ1) is 17.3. The normalized spacial score (nSPS) is 15.3.